The Kier molecular flexibility index (Phi) is 4.79. The molecule has 0 radical (unpaired) electrons. The molecule has 0 fully saturated rings. The van der Waals surface area contributed by atoms with Crippen molar-refractivity contribution in [2.45, 2.75) is 29.7 Å². The van der Waals surface area contributed by atoms with Gasteiger partial charge in [0, 0.05) is 10.0 Å². The van der Waals surface area contributed by atoms with Crippen molar-refractivity contribution in [3.63, 3.8) is 0 Å². The lowest BCUT2D eigenvalue weighted by molar-refractivity contribution is -0.135. The van der Waals surface area contributed by atoms with Crippen LogP contribution >= 0.6 is 15.9 Å². The van der Waals surface area contributed by atoms with Gasteiger partial charge < -0.3 is 4.74 Å². The summed E-state index contributed by atoms with van der Waals surface area (Å²) in [5, 5.41) is 0. The Morgan fingerprint density at radius 3 is 2.00 bits per heavy atom. The normalized spacial score (nSPS) is 17.5. The Morgan fingerprint density at radius 2 is 1.52 bits per heavy atom. The Morgan fingerprint density at radius 1 is 1.00 bits per heavy atom. The second-order valence-corrected chi connectivity index (χ2v) is 8.89. The van der Waals surface area contributed by atoms with Crippen LogP contribution in [0, 0.1) is 5.92 Å². The largest absolute Gasteiger partial charge is 0.406 e. The van der Waals surface area contributed by atoms with Crippen LogP contribution in [0.25, 0.3) is 0 Å². The minimum absolute atomic E-state index is 0.0436. The first-order valence-electron chi connectivity index (χ1n) is 7.69. The molecule has 7 heteroatoms. The highest BCUT2D eigenvalue weighted by Crippen LogP contribution is 2.24. The molecule has 1 aliphatic heterocycles. The number of carbonyl (C=O) groups is 1. The van der Waals surface area contributed by atoms with Gasteiger partial charge in [0.1, 0.15) is 0 Å². The summed E-state index contributed by atoms with van der Waals surface area (Å²) in [4.78, 5) is 16.5. The molecule has 0 aromatic heterocycles. The van der Waals surface area contributed by atoms with Crippen molar-refractivity contribution in [3.05, 3.63) is 58.6 Å². The number of halogens is 1. The van der Waals surface area contributed by atoms with Crippen LogP contribution in [0.5, 0.6) is 0 Å². The van der Waals surface area contributed by atoms with E-state index in [-0.39, 0.29) is 27.6 Å². The topological polar surface area (TPSA) is 72.8 Å². The van der Waals surface area contributed by atoms with Crippen LogP contribution < -0.4 is 0 Å². The molecule has 1 unspecified atom stereocenters. The summed E-state index contributed by atoms with van der Waals surface area (Å²) >= 11 is 3.29. The number of hydrogen-bond donors (Lipinski definition) is 0. The number of ether oxygens (including phenoxy) is 1. The second kappa shape index (κ2) is 6.72. The number of carbonyl (C=O) groups excluding carboxylic acids is 1. The van der Waals surface area contributed by atoms with E-state index in [2.05, 4.69) is 20.9 Å². The predicted octanol–water partition coefficient (Wildman–Crippen LogP) is 3.61. The van der Waals surface area contributed by atoms with Crippen molar-refractivity contribution in [1.29, 1.82) is 0 Å². The van der Waals surface area contributed by atoms with Gasteiger partial charge in [-0.15, -0.1) is 0 Å². The average Bonchev–Trinajstić information content (AvgIpc) is 2.97. The van der Waals surface area contributed by atoms with Crippen LogP contribution in [0.1, 0.15) is 19.4 Å². The summed E-state index contributed by atoms with van der Waals surface area (Å²) < 4.78 is 31.3. The number of aliphatic imine (C=N–C) groups is 1. The molecule has 1 aliphatic rings. The van der Waals surface area contributed by atoms with Gasteiger partial charge in [0.25, 0.3) is 0 Å². The van der Waals surface area contributed by atoms with Gasteiger partial charge in [-0.05, 0) is 54.4 Å². The quantitative estimate of drug-likeness (QED) is 0.706. The van der Waals surface area contributed by atoms with Gasteiger partial charge in [0.2, 0.25) is 15.7 Å². The summed E-state index contributed by atoms with van der Waals surface area (Å²) in [5.74, 6) is -0.102. The minimum Gasteiger partial charge on any atom is -0.406 e. The Bertz CT molecular complexity index is 932. The number of sulfone groups is 1. The molecule has 0 aliphatic carbocycles. The van der Waals surface area contributed by atoms with Gasteiger partial charge in [0.05, 0.1) is 9.79 Å². The van der Waals surface area contributed by atoms with Crippen LogP contribution in [0.3, 0.4) is 0 Å². The fourth-order valence-corrected chi connectivity index (χ4v) is 3.97. The summed E-state index contributed by atoms with van der Waals surface area (Å²) in [7, 11) is -3.60. The van der Waals surface area contributed by atoms with Crippen LogP contribution in [-0.4, -0.2) is 26.3 Å². The van der Waals surface area contributed by atoms with Crippen molar-refractivity contribution in [3.8, 4) is 0 Å². The minimum atomic E-state index is -3.60. The van der Waals surface area contributed by atoms with E-state index in [0.717, 1.165) is 4.47 Å². The van der Waals surface area contributed by atoms with E-state index in [1.165, 1.54) is 12.1 Å². The molecule has 0 saturated heterocycles. The van der Waals surface area contributed by atoms with Crippen molar-refractivity contribution in [2.24, 2.45) is 10.9 Å². The Balaban J connectivity index is 1.89. The first-order chi connectivity index (χ1) is 11.8. The molecule has 0 amide bonds. The molecule has 0 saturated carbocycles. The van der Waals surface area contributed by atoms with Gasteiger partial charge >= 0.3 is 5.97 Å². The molecule has 0 spiro atoms. The molecule has 3 rings (SSSR count). The van der Waals surface area contributed by atoms with E-state index >= 15 is 0 Å². The number of rotatable bonds is 4. The maximum atomic E-state index is 12.6. The maximum absolute atomic E-state index is 12.6. The van der Waals surface area contributed by atoms with Crippen LogP contribution in [-0.2, 0) is 19.4 Å². The molecular weight excluding hydrogens is 406 g/mol. The van der Waals surface area contributed by atoms with Gasteiger partial charge in [0.15, 0.2) is 6.04 Å². The predicted molar refractivity (Wildman–Crippen MR) is 97.3 cm³/mol. The number of esters is 1. The zero-order chi connectivity index (χ0) is 18.2. The average molecular weight is 422 g/mol. The molecule has 1 heterocycles. The molecule has 5 nitrogen and oxygen atoms in total. The fraction of sp³-hybridized carbons (Fsp3) is 0.222. The van der Waals surface area contributed by atoms with Crippen molar-refractivity contribution in [1.82, 2.24) is 0 Å². The van der Waals surface area contributed by atoms with E-state index < -0.39 is 15.9 Å². The van der Waals surface area contributed by atoms with Gasteiger partial charge in [-0.25, -0.2) is 18.2 Å². The lowest BCUT2D eigenvalue weighted by atomic mass is 10.1. The molecule has 2 aromatic carbocycles. The summed E-state index contributed by atoms with van der Waals surface area (Å²) in [6.45, 7) is 3.79. The molecule has 1 atom stereocenters. The van der Waals surface area contributed by atoms with Crippen molar-refractivity contribution in [2.75, 3.05) is 0 Å². The van der Waals surface area contributed by atoms with Crippen LogP contribution in [0.15, 0.2) is 67.8 Å². The van der Waals surface area contributed by atoms with Crippen molar-refractivity contribution < 1.29 is 17.9 Å². The number of nitrogens with zero attached hydrogens (tertiary/aromatic N) is 1. The van der Waals surface area contributed by atoms with Crippen LogP contribution in [0.2, 0.25) is 0 Å². The molecule has 25 heavy (non-hydrogen) atoms. The second-order valence-electron chi connectivity index (χ2n) is 6.03. The van der Waals surface area contributed by atoms with Crippen LogP contribution in [0.4, 0.5) is 0 Å². The van der Waals surface area contributed by atoms with Crippen molar-refractivity contribution >= 4 is 37.6 Å². The summed E-state index contributed by atoms with van der Waals surface area (Å²) in [5.41, 5.74) is 0.575. The van der Waals surface area contributed by atoms with E-state index in [0.29, 0.717) is 5.56 Å². The van der Waals surface area contributed by atoms with Gasteiger partial charge in [-0.2, -0.15) is 0 Å². The van der Waals surface area contributed by atoms with E-state index in [4.69, 9.17) is 4.74 Å². The first kappa shape index (κ1) is 17.8. The molecular formula is C18H16BrNO4S. The zero-order valence-corrected chi connectivity index (χ0v) is 16.0. The number of hydrogen-bond acceptors (Lipinski definition) is 5. The molecule has 0 bridgehead atoms. The maximum Gasteiger partial charge on any atom is 0.338 e. The lowest BCUT2D eigenvalue weighted by Gasteiger charge is -2.06. The third-order valence-electron chi connectivity index (χ3n) is 3.86. The van der Waals surface area contributed by atoms with Gasteiger partial charge in [-0.1, -0.05) is 29.8 Å². The molecule has 0 N–H and O–H groups in total. The first-order valence-corrected chi connectivity index (χ1v) is 9.97. The summed E-state index contributed by atoms with van der Waals surface area (Å²) in [6.07, 6.45) is 0. The van der Waals surface area contributed by atoms with Gasteiger partial charge in [-0.3, -0.25) is 0 Å². The highest BCUT2D eigenvalue weighted by molar-refractivity contribution is 9.10. The summed E-state index contributed by atoms with van der Waals surface area (Å²) in [6, 6.07) is 12.1. The number of cyclic esters (lactones) is 1. The fourth-order valence-electron chi connectivity index (χ4n) is 2.44. The third kappa shape index (κ3) is 3.52. The lowest BCUT2D eigenvalue weighted by Crippen LogP contribution is -2.20. The monoisotopic (exact) mass is 421 g/mol. The smallest absolute Gasteiger partial charge is 0.338 e. The molecule has 130 valence electrons. The van der Waals surface area contributed by atoms with E-state index in [9.17, 15) is 13.2 Å². The van der Waals surface area contributed by atoms with E-state index in [1.54, 1.807) is 36.4 Å². The van der Waals surface area contributed by atoms with E-state index in [1.807, 2.05) is 13.8 Å². The Labute approximate surface area is 154 Å². The highest BCUT2D eigenvalue weighted by atomic mass is 79.9. The molecule has 2 aromatic rings. The standard InChI is InChI=1S/C18H16BrNO4S/c1-11(2)16-18(21)24-17(20-16)12-3-7-14(8-4-12)25(22,23)15-9-5-13(19)6-10-15/h3-11,16H,1-2H3. The third-order valence-corrected chi connectivity index (χ3v) is 6.18. The SMILES string of the molecule is CC(C)C1N=C(c2ccc(S(=O)(=O)c3ccc(Br)cc3)cc2)OC1=O. The Hall–Kier alpha value is -1.99. The highest BCUT2D eigenvalue weighted by Gasteiger charge is 2.32. The number of benzene rings is 2. The zero-order valence-electron chi connectivity index (χ0n) is 13.6.